The van der Waals surface area contributed by atoms with E-state index < -0.39 is 5.97 Å². The zero-order valence-corrected chi connectivity index (χ0v) is 17.8. The fourth-order valence-corrected chi connectivity index (χ4v) is 3.84. The minimum atomic E-state index is -0.507. The molecule has 4 rings (SSSR count). The first-order chi connectivity index (χ1) is 15.6. The van der Waals surface area contributed by atoms with E-state index in [-0.39, 0.29) is 6.61 Å². The molecule has 5 nitrogen and oxygen atoms in total. The maximum atomic E-state index is 12.0. The van der Waals surface area contributed by atoms with E-state index >= 15 is 0 Å². The van der Waals surface area contributed by atoms with Crippen molar-refractivity contribution in [1.82, 2.24) is 10.2 Å². The molecule has 1 aromatic heterocycles. The first-order valence-electron chi connectivity index (χ1n) is 10.4. The zero-order valence-electron chi connectivity index (χ0n) is 17.8. The zero-order chi connectivity index (χ0) is 22.5. The van der Waals surface area contributed by atoms with Crippen molar-refractivity contribution < 1.29 is 14.6 Å². The number of esters is 1. The number of rotatable bonds is 7. The largest absolute Gasteiger partial charge is 0.423 e. The molecule has 2 N–H and O–H groups in total. The van der Waals surface area contributed by atoms with Gasteiger partial charge in [0.2, 0.25) is 0 Å². The van der Waals surface area contributed by atoms with E-state index in [1.165, 1.54) is 0 Å². The van der Waals surface area contributed by atoms with E-state index in [0.29, 0.717) is 5.75 Å². The Morgan fingerprint density at radius 2 is 1.84 bits per heavy atom. The first kappa shape index (κ1) is 21.3. The third-order valence-corrected chi connectivity index (χ3v) is 5.40. The summed E-state index contributed by atoms with van der Waals surface area (Å²) in [6.07, 6.45) is 3.70. The van der Waals surface area contributed by atoms with E-state index in [0.717, 1.165) is 56.8 Å². The molecule has 0 amide bonds. The summed E-state index contributed by atoms with van der Waals surface area (Å²) in [4.78, 5) is 12.0. The van der Waals surface area contributed by atoms with Gasteiger partial charge in [-0.2, -0.15) is 5.10 Å². The van der Waals surface area contributed by atoms with Gasteiger partial charge in [-0.1, -0.05) is 62.0 Å². The molecule has 0 bridgehead atoms. The van der Waals surface area contributed by atoms with Gasteiger partial charge in [-0.05, 0) is 52.5 Å². The van der Waals surface area contributed by atoms with Crippen molar-refractivity contribution in [3.63, 3.8) is 0 Å². The number of carbonyl (C=O) groups excluding carboxylic acids is 1. The van der Waals surface area contributed by atoms with E-state index in [9.17, 15) is 9.90 Å². The molecule has 0 fully saturated rings. The van der Waals surface area contributed by atoms with Gasteiger partial charge in [0.25, 0.3) is 0 Å². The van der Waals surface area contributed by atoms with Gasteiger partial charge in [0.15, 0.2) is 0 Å². The topological polar surface area (TPSA) is 75.2 Å². The summed E-state index contributed by atoms with van der Waals surface area (Å²) in [6, 6.07) is 21.5. The molecule has 0 atom stereocenters. The fraction of sp³-hybridized carbons (Fsp3) is 0.111. The highest BCUT2D eigenvalue weighted by atomic mass is 16.5. The van der Waals surface area contributed by atoms with Crippen LogP contribution in [0.3, 0.4) is 0 Å². The lowest BCUT2D eigenvalue weighted by Crippen LogP contribution is -2.06. The Morgan fingerprint density at radius 1 is 1.09 bits per heavy atom. The molecule has 0 unspecified atom stereocenters. The standard InChI is InChI=1S/C27H24N2O3/c1-3-22(19-11-9-18(17-30)10-12-19)27(20-13-14-24-21(15-20)16-28-29-24)23-7-5-6-8-25(23)32-26(31)4-2/h4-16,30H,2-3,17H2,1H3,(H,28,29)/b27-22+. The number of H-pyrrole nitrogens is 1. The molecule has 4 aromatic rings. The van der Waals surface area contributed by atoms with E-state index in [4.69, 9.17) is 4.74 Å². The summed E-state index contributed by atoms with van der Waals surface area (Å²) in [5.41, 5.74) is 6.71. The number of aliphatic hydroxyl groups excluding tert-OH is 1. The minimum Gasteiger partial charge on any atom is -0.423 e. The minimum absolute atomic E-state index is 0.00416. The van der Waals surface area contributed by atoms with Crippen molar-refractivity contribution in [2.24, 2.45) is 0 Å². The van der Waals surface area contributed by atoms with Gasteiger partial charge < -0.3 is 9.84 Å². The number of para-hydroxylation sites is 1. The number of aromatic nitrogens is 2. The Morgan fingerprint density at radius 3 is 2.56 bits per heavy atom. The van der Waals surface area contributed by atoms with E-state index in [2.05, 4.69) is 29.8 Å². The van der Waals surface area contributed by atoms with Gasteiger partial charge in [0.05, 0.1) is 18.3 Å². The van der Waals surface area contributed by atoms with Crippen LogP contribution in [0.5, 0.6) is 5.75 Å². The Bertz CT molecular complexity index is 1300. The van der Waals surface area contributed by atoms with Gasteiger partial charge in [0, 0.05) is 17.0 Å². The molecule has 0 aliphatic rings. The number of aliphatic hydroxyl groups is 1. The molecule has 3 aromatic carbocycles. The van der Waals surface area contributed by atoms with Crippen molar-refractivity contribution in [3.8, 4) is 5.75 Å². The van der Waals surface area contributed by atoms with Gasteiger partial charge in [-0.25, -0.2) is 4.79 Å². The molecule has 0 radical (unpaired) electrons. The number of carbonyl (C=O) groups is 1. The van der Waals surface area contributed by atoms with Crippen LogP contribution < -0.4 is 4.74 Å². The third-order valence-electron chi connectivity index (χ3n) is 5.40. The summed E-state index contributed by atoms with van der Waals surface area (Å²) in [6.45, 7) is 5.61. The normalized spacial score (nSPS) is 11.8. The molecule has 5 heteroatoms. The van der Waals surface area contributed by atoms with Crippen LogP contribution in [0.15, 0.2) is 85.6 Å². The second kappa shape index (κ2) is 9.45. The van der Waals surface area contributed by atoms with Crippen molar-refractivity contribution >= 4 is 28.0 Å². The summed E-state index contributed by atoms with van der Waals surface area (Å²) in [5, 5.41) is 17.6. The molecule has 0 spiro atoms. The molecule has 0 aliphatic carbocycles. The lowest BCUT2D eigenvalue weighted by Gasteiger charge is -2.19. The number of aromatic amines is 1. The quantitative estimate of drug-likeness (QED) is 0.177. The number of ether oxygens (including phenoxy) is 1. The van der Waals surface area contributed by atoms with Gasteiger partial charge in [-0.15, -0.1) is 0 Å². The highest BCUT2D eigenvalue weighted by molar-refractivity contribution is 6.02. The molecule has 1 heterocycles. The van der Waals surface area contributed by atoms with Gasteiger partial charge in [-0.3, -0.25) is 5.10 Å². The second-order valence-electron chi connectivity index (χ2n) is 7.36. The predicted molar refractivity (Wildman–Crippen MR) is 127 cm³/mol. The monoisotopic (exact) mass is 424 g/mol. The smallest absolute Gasteiger partial charge is 0.335 e. The van der Waals surface area contributed by atoms with Crippen LogP contribution in [0.25, 0.3) is 22.0 Å². The van der Waals surface area contributed by atoms with Crippen molar-refractivity contribution in [2.75, 3.05) is 0 Å². The lowest BCUT2D eigenvalue weighted by molar-refractivity contribution is -0.128. The fourth-order valence-electron chi connectivity index (χ4n) is 3.84. The van der Waals surface area contributed by atoms with Crippen LogP contribution in [-0.2, 0) is 11.4 Å². The molecular weight excluding hydrogens is 400 g/mol. The molecule has 0 saturated carbocycles. The number of nitrogens with one attached hydrogen (secondary N) is 1. The number of hydrogen-bond acceptors (Lipinski definition) is 4. The predicted octanol–water partition coefficient (Wildman–Crippen LogP) is 5.52. The van der Waals surface area contributed by atoms with E-state index in [1.54, 1.807) is 12.3 Å². The number of hydrogen-bond donors (Lipinski definition) is 2. The van der Waals surface area contributed by atoms with Crippen molar-refractivity contribution in [1.29, 1.82) is 0 Å². The maximum absolute atomic E-state index is 12.0. The SMILES string of the molecule is C=CC(=O)Oc1ccccc1/C(=C(\CC)c1ccc(CO)cc1)c1ccc2[nH]ncc2c1. The van der Waals surface area contributed by atoms with Crippen molar-refractivity contribution in [3.05, 3.63) is 108 Å². The van der Waals surface area contributed by atoms with Gasteiger partial charge in [0.1, 0.15) is 5.75 Å². The van der Waals surface area contributed by atoms with Crippen LogP contribution in [-0.4, -0.2) is 21.3 Å². The third kappa shape index (κ3) is 4.24. The molecule has 0 aliphatic heterocycles. The maximum Gasteiger partial charge on any atom is 0.335 e. The number of allylic oxidation sites excluding steroid dienone is 1. The summed E-state index contributed by atoms with van der Waals surface area (Å²) in [7, 11) is 0. The van der Waals surface area contributed by atoms with Crippen LogP contribution in [0.1, 0.15) is 35.6 Å². The van der Waals surface area contributed by atoms with Crippen LogP contribution in [0.4, 0.5) is 0 Å². The summed E-state index contributed by atoms with van der Waals surface area (Å²) in [5.74, 6) is -0.0370. The average molecular weight is 425 g/mol. The molecule has 32 heavy (non-hydrogen) atoms. The number of fused-ring (bicyclic) bond motifs is 1. The molecule has 160 valence electrons. The van der Waals surface area contributed by atoms with Crippen LogP contribution >= 0.6 is 0 Å². The Kier molecular flexibility index (Phi) is 6.29. The van der Waals surface area contributed by atoms with Crippen LogP contribution in [0.2, 0.25) is 0 Å². The molecule has 0 saturated heterocycles. The average Bonchev–Trinajstić information content (AvgIpc) is 3.31. The lowest BCUT2D eigenvalue weighted by atomic mass is 9.87. The Labute approximate surface area is 186 Å². The summed E-state index contributed by atoms with van der Waals surface area (Å²) >= 11 is 0. The van der Waals surface area contributed by atoms with Gasteiger partial charge >= 0.3 is 5.97 Å². The number of benzene rings is 3. The Hall–Kier alpha value is -3.96. The van der Waals surface area contributed by atoms with Crippen LogP contribution in [0, 0.1) is 0 Å². The Balaban J connectivity index is 1.99. The highest BCUT2D eigenvalue weighted by Gasteiger charge is 2.18. The molecular formula is C27H24N2O3. The van der Waals surface area contributed by atoms with E-state index in [1.807, 2.05) is 54.6 Å². The first-order valence-corrected chi connectivity index (χ1v) is 10.4. The summed E-state index contributed by atoms with van der Waals surface area (Å²) < 4.78 is 5.59. The second-order valence-corrected chi connectivity index (χ2v) is 7.36. The number of nitrogens with zero attached hydrogens (tertiary/aromatic N) is 1. The van der Waals surface area contributed by atoms with Crippen molar-refractivity contribution in [2.45, 2.75) is 20.0 Å². The highest BCUT2D eigenvalue weighted by Crippen LogP contribution is 2.39.